The first-order valence-electron chi connectivity index (χ1n) is 12.7. The SMILES string of the molecule is CCn1cc(CCC(c2ccc(C)c(CN3Cc4cccnc4O[C@H](C)C3)c2)C(C)(C)C(=O)O)nn1. The van der Waals surface area contributed by atoms with Gasteiger partial charge in [-0.1, -0.05) is 29.5 Å². The van der Waals surface area contributed by atoms with Crippen molar-refractivity contribution in [1.29, 1.82) is 0 Å². The number of benzene rings is 1. The number of ether oxygens (including phenoxy) is 1. The van der Waals surface area contributed by atoms with Gasteiger partial charge in [0, 0.05) is 44.1 Å². The highest BCUT2D eigenvalue weighted by Crippen LogP contribution is 2.40. The molecule has 1 aromatic carbocycles. The smallest absolute Gasteiger partial charge is 0.309 e. The maximum atomic E-state index is 12.3. The van der Waals surface area contributed by atoms with Gasteiger partial charge in [-0.3, -0.25) is 14.4 Å². The van der Waals surface area contributed by atoms with Crippen LogP contribution in [0.4, 0.5) is 0 Å². The second-order valence-electron chi connectivity index (χ2n) is 10.4. The molecular weight excluding hydrogens is 454 g/mol. The summed E-state index contributed by atoms with van der Waals surface area (Å²) >= 11 is 0. The summed E-state index contributed by atoms with van der Waals surface area (Å²) in [7, 11) is 0. The molecule has 3 heterocycles. The van der Waals surface area contributed by atoms with Gasteiger partial charge in [0.15, 0.2) is 0 Å². The molecule has 0 aliphatic carbocycles. The van der Waals surface area contributed by atoms with E-state index in [9.17, 15) is 9.90 Å². The number of hydrogen-bond donors (Lipinski definition) is 1. The van der Waals surface area contributed by atoms with Crippen molar-refractivity contribution in [2.24, 2.45) is 5.41 Å². The Balaban J connectivity index is 1.59. The summed E-state index contributed by atoms with van der Waals surface area (Å²) in [6, 6.07) is 10.4. The van der Waals surface area contributed by atoms with Gasteiger partial charge in [-0.2, -0.15) is 0 Å². The molecule has 2 aromatic heterocycles. The molecule has 0 spiro atoms. The third-order valence-electron chi connectivity index (χ3n) is 7.26. The maximum Gasteiger partial charge on any atom is 0.309 e. The topological polar surface area (TPSA) is 93.4 Å². The highest BCUT2D eigenvalue weighted by atomic mass is 16.5. The fraction of sp³-hybridized carbons (Fsp3) is 0.500. The van der Waals surface area contributed by atoms with Crippen molar-refractivity contribution in [3.8, 4) is 5.88 Å². The molecule has 1 aliphatic heterocycles. The van der Waals surface area contributed by atoms with E-state index in [0.717, 1.165) is 43.0 Å². The first-order chi connectivity index (χ1) is 17.2. The van der Waals surface area contributed by atoms with Crippen LogP contribution in [-0.4, -0.2) is 48.6 Å². The van der Waals surface area contributed by atoms with E-state index in [1.165, 1.54) is 11.1 Å². The Morgan fingerprint density at radius 2 is 2.11 bits per heavy atom. The minimum Gasteiger partial charge on any atom is -0.481 e. The van der Waals surface area contributed by atoms with Crippen molar-refractivity contribution in [1.82, 2.24) is 24.9 Å². The average molecular weight is 492 g/mol. The average Bonchev–Trinajstić information content (AvgIpc) is 3.23. The molecule has 0 radical (unpaired) electrons. The lowest BCUT2D eigenvalue weighted by Gasteiger charge is -2.32. The van der Waals surface area contributed by atoms with E-state index in [0.29, 0.717) is 18.7 Å². The molecule has 8 nitrogen and oxygen atoms in total. The monoisotopic (exact) mass is 491 g/mol. The van der Waals surface area contributed by atoms with E-state index < -0.39 is 11.4 Å². The lowest BCUT2D eigenvalue weighted by Crippen LogP contribution is -2.32. The van der Waals surface area contributed by atoms with Gasteiger partial charge in [0.05, 0.1) is 11.1 Å². The highest BCUT2D eigenvalue weighted by molar-refractivity contribution is 5.75. The summed E-state index contributed by atoms with van der Waals surface area (Å²) < 4.78 is 7.84. The standard InChI is InChI=1S/C28H37N5O3/c1-6-33-18-24(30-31-33)11-12-25(28(4,5)27(34)35)21-10-9-19(2)23(14-21)17-32-15-20(3)36-26-22(16-32)8-7-13-29-26/h7-10,13-14,18,20,25H,6,11-12,15-17H2,1-5H3,(H,34,35)/t20-,25?/m1/s1. The van der Waals surface area contributed by atoms with E-state index in [1.807, 2.05) is 33.0 Å². The van der Waals surface area contributed by atoms with Crippen LogP contribution in [0.25, 0.3) is 0 Å². The molecule has 0 saturated heterocycles. The van der Waals surface area contributed by atoms with E-state index in [-0.39, 0.29) is 12.0 Å². The molecule has 3 aromatic rings. The first kappa shape index (κ1) is 25.8. The molecule has 2 atom stereocenters. The Labute approximate surface area is 213 Å². The van der Waals surface area contributed by atoms with Crippen LogP contribution in [0, 0.1) is 12.3 Å². The van der Waals surface area contributed by atoms with Gasteiger partial charge in [0.25, 0.3) is 0 Å². The van der Waals surface area contributed by atoms with Gasteiger partial charge in [-0.25, -0.2) is 4.98 Å². The van der Waals surface area contributed by atoms with Gasteiger partial charge < -0.3 is 9.84 Å². The third-order valence-corrected chi connectivity index (χ3v) is 7.26. The van der Waals surface area contributed by atoms with Crippen molar-refractivity contribution in [3.05, 3.63) is 70.7 Å². The van der Waals surface area contributed by atoms with Gasteiger partial charge in [-0.05, 0) is 76.1 Å². The molecule has 0 amide bonds. The number of aryl methyl sites for hydroxylation is 3. The predicted octanol–water partition coefficient (Wildman–Crippen LogP) is 4.61. The van der Waals surface area contributed by atoms with Gasteiger partial charge in [0.2, 0.25) is 5.88 Å². The summed E-state index contributed by atoms with van der Waals surface area (Å²) in [6.07, 6.45) is 5.09. The molecule has 0 saturated carbocycles. The van der Waals surface area contributed by atoms with Gasteiger partial charge in [-0.15, -0.1) is 5.10 Å². The number of carbonyl (C=O) groups is 1. The van der Waals surface area contributed by atoms with E-state index >= 15 is 0 Å². The van der Waals surface area contributed by atoms with Crippen molar-refractivity contribution in [2.75, 3.05) is 6.54 Å². The second-order valence-corrected chi connectivity index (χ2v) is 10.4. The van der Waals surface area contributed by atoms with Crippen LogP contribution in [0.3, 0.4) is 0 Å². The summed E-state index contributed by atoms with van der Waals surface area (Å²) in [4.78, 5) is 19.1. The number of pyridine rings is 1. The molecule has 8 heteroatoms. The molecular formula is C28H37N5O3. The Morgan fingerprint density at radius 1 is 1.31 bits per heavy atom. The molecule has 36 heavy (non-hydrogen) atoms. The molecule has 0 fully saturated rings. The van der Waals surface area contributed by atoms with Crippen LogP contribution in [-0.2, 0) is 30.8 Å². The molecule has 4 rings (SSSR count). The van der Waals surface area contributed by atoms with Crippen molar-refractivity contribution < 1.29 is 14.6 Å². The number of hydrogen-bond acceptors (Lipinski definition) is 6. The van der Waals surface area contributed by atoms with Crippen LogP contribution in [0.1, 0.15) is 68.0 Å². The minimum atomic E-state index is -0.928. The first-order valence-corrected chi connectivity index (χ1v) is 12.7. The number of carboxylic acid groups (broad SMARTS) is 1. The van der Waals surface area contributed by atoms with Crippen LogP contribution in [0.2, 0.25) is 0 Å². The van der Waals surface area contributed by atoms with E-state index in [2.05, 4.69) is 58.3 Å². The van der Waals surface area contributed by atoms with Crippen LogP contribution < -0.4 is 4.74 Å². The predicted molar refractivity (Wildman–Crippen MR) is 138 cm³/mol. The lowest BCUT2D eigenvalue weighted by atomic mass is 9.72. The number of rotatable bonds is 9. The Hall–Kier alpha value is -3.26. The zero-order valence-electron chi connectivity index (χ0n) is 21.9. The van der Waals surface area contributed by atoms with Crippen LogP contribution in [0.5, 0.6) is 5.88 Å². The van der Waals surface area contributed by atoms with Gasteiger partial charge >= 0.3 is 5.97 Å². The molecule has 1 N–H and O–H groups in total. The zero-order valence-corrected chi connectivity index (χ0v) is 21.9. The normalized spacial score (nSPS) is 17.2. The Morgan fingerprint density at radius 3 is 2.83 bits per heavy atom. The molecule has 192 valence electrons. The lowest BCUT2D eigenvalue weighted by molar-refractivity contribution is -0.148. The summed E-state index contributed by atoms with van der Waals surface area (Å²) in [5, 5.41) is 18.5. The summed E-state index contributed by atoms with van der Waals surface area (Å²) in [6.45, 7) is 12.9. The zero-order chi connectivity index (χ0) is 25.9. The van der Waals surface area contributed by atoms with Gasteiger partial charge in [0.1, 0.15) is 6.10 Å². The van der Waals surface area contributed by atoms with Crippen molar-refractivity contribution in [3.63, 3.8) is 0 Å². The summed E-state index contributed by atoms with van der Waals surface area (Å²) in [5.41, 5.74) is 4.49. The van der Waals surface area contributed by atoms with Crippen molar-refractivity contribution in [2.45, 2.75) is 79.1 Å². The Kier molecular flexibility index (Phi) is 7.73. The quantitative estimate of drug-likeness (QED) is 0.467. The third kappa shape index (κ3) is 5.75. The number of aliphatic carboxylic acids is 1. The molecule has 0 bridgehead atoms. The summed E-state index contributed by atoms with van der Waals surface area (Å²) in [5.74, 6) is -0.256. The van der Waals surface area contributed by atoms with Crippen LogP contribution >= 0.6 is 0 Å². The fourth-order valence-electron chi connectivity index (χ4n) is 4.98. The van der Waals surface area contributed by atoms with E-state index in [1.54, 1.807) is 10.9 Å². The highest BCUT2D eigenvalue weighted by Gasteiger charge is 2.38. The van der Waals surface area contributed by atoms with Crippen LogP contribution in [0.15, 0.2) is 42.7 Å². The second kappa shape index (κ2) is 10.8. The minimum absolute atomic E-state index is 0.0277. The largest absolute Gasteiger partial charge is 0.481 e. The van der Waals surface area contributed by atoms with E-state index in [4.69, 9.17) is 4.74 Å². The number of nitrogens with zero attached hydrogens (tertiary/aromatic N) is 5. The molecule has 1 unspecified atom stereocenters. The number of fused-ring (bicyclic) bond motifs is 1. The van der Waals surface area contributed by atoms with Crippen molar-refractivity contribution >= 4 is 5.97 Å². The maximum absolute atomic E-state index is 12.3. The Bertz CT molecular complexity index is 1210. The molecule has 1 aliphatic rings. The number of carboxylic acids is 1. The fourth-order valence-corrected chi connectivity index (χ4v) is 4.98. The number of aromatic nitrogens is 4.